The highest BCUT2D eigenvalue weighted by atomic mass is 79.9. The van der Waals surface area contributed by atoms with Crippen molar-refractivity contribution < 1.29 is 4.79 Å². The van der Waals surface area contributed by atoms with Crippen LogP contribution in [-0.4, -0.2) is 6.79 Å². The van der Waals surface area contributed by atoms with E-state index in [2.05, 4.69) is 0 Å². The Bertz CT molecular complexity index is 78.1. The Morgan fingerprint density at radius 3 is 1.29 bits per heavy atom. The van der Waals surface area contributed by atoms with Crippen molar-refractivity contribution >= 4 is 23.8 Å². The average molecular weight is 163 g/mol. The van der Waals surface area contributed by atoms with Crippen LogP contribution in [0.15, 0.2) is 0 Å². The molecule has 3 nitrogen and oxygen atoms in total. The fourth-order valence-electron chi connectivity index (χ4n) is 0. The Labute approximate surface area is 51.9 Å². The minimum atomic E-state index is 0. The van der Waals surface area contributed by atoms with Crippen LogP contribution in [0.25, 0.3) is 0 Å². The van der Waals surface area contributed by atoms with E-state index in [4.69, 9.17) is 15.3 Å². The maximum absolute atomic E-state index is 8.00. The van der Waals surface area contributed by atoms with Crippen molar-refractivity contribution in [1.82, 2.24) is 0 Å². The van der Waals surface area contributed by atoms with Crippen molar-refractivity contribution in [2.75, 3.05) is 0 Å². The molecule has 0 fully saturated rings. The summed E-state index contributed by atoms with van der Waals surface area (Å²) in [5.74, 6) is 0. The van der Waals surface area contributed by atoms with E-state index in [0.717, 1.165) is 0 Å². The van der Waals surface area contributed by atoms with Gasteiger partial charge in [0.25, 0.3) is 0 Å². The highest BCUT2D eigenvalue weighted by Crippen LogP contribution is 1.27. The van der Waals surface area contributed by atoms with Gasteiger partial charge in [0.1, 0.15) is 6.79 Å². The highest BCUT2D eigenvalue weighted by Gasteiger charge is 1.39. The molecule has 0 aromatic rings. The Morgan fingerprint density at radius 2 is 1.29 bits per heavy atom. The van der Waals surface area contributed by atoms with Gasteiger partial charge in [-0.25, -0.2) is 0 Å². The van der Waals surface area contributed by atoms with E-state index in [1.165, 1.54) is 12.1 Å². The molecule has 0 amide bonds. The summed E-state index contributed by atoms with van der Waals surface area (Å²) in [5, 5.41) is 14.5. The SMILES string of the molecule is Br.C=O.N#CC#N. The molecule has 0 saturated heterocycles. The fourth-order valence-corrected chi connectivity index (χ4v) is 0. The van der Waals surface area contributed by atoms with Crippen LogP contribution in [0.5, 0.6) is 0 Å². The lowest BCUT2D eigenvalue weighted by molar-refractivity contribution is -0.0979. The first kappa shape index (κ1) is 16.5. The van der Waals surface area contributed by atoms with Crippen molar-refractivity contribution in [3.05, 3.63) is 0 Å². The van der Waals surface area contributed by atoms with Gasteiger partial charge in [-0.1, -0.05) is 0 Å². The van der Waals surface area contributed by atoms with Crippen molar-refractivity contribution in [2.24, 2.45) is 0 Å². The van der Waals surface area contributed by atoms with Crippen LogP contribution < -0.4 is 0 Å². The minimum absolute atomic E-state index is 0. The standard InChI is InChI=1S/C2N2.CH2O.BrH/c3-1-2-4;1-2;/h;1H2;1H. The molecule has 0 atom stereocenters. The second-order valence-electron chi connectivity index (χ2n) is 0.224. The summed E-state index contributed by atoms with van der Waals surface area (Å²) >= 11 is 0. The number of hydrogen-bond acceptors (Lipinski definition) is 3. The number of nitrogens with zero attached hydrogens (tertiary/aromatic N) is 2. The van der Waals surface area contributed by atoms with E-state index in [-0.39, 0.29) is 17.0 Å². The van der Waals surface area contributed by atoms with Gasteiger partial charge in [0.05, 0.1) is 0 Å². The van der Waals surface area contributed by atoms with Gasteiger partial charge < -0.3 is 4.79 Å². The second kappa shape index (κ2) is 68.5. The number of hydrogen-bond donors (Lipinski definition) is 0. The number of carbonyl (C=O) groups is 1. The molecule has 0 radical (unpaired) electrons. The summed E-state index contributed by atoms with van der Waals surface area (Å²) in [5.41, 5.74) is 0. The molecule has 0 heterocycles. The number of nitriles is 2. The van der Waals surface area contributed by atoms with E-state index < -0.39 is 0 Å². The van der Waals surface area contributed by atoms with Crippen LogP contribution in [0.4, 0.5) is 0 Å². The van der Waals surface area contributed by atoms with Crippen LogP contribution >= 0.6 is 17.0 Å². The molecule has 0 spiro atoms. The third kappa shape index (κ3) is 2970. The lowest BCUT2D eigenvalue weighted by Gasteiger charge is -1.16. The second-order valence-corrected chi connectivity index (χ2v) is 0.224. The van der Waals surface area contributed by atoms with E-state index in [9.17, 15) is 0 Å². The van der Waals surface area contributed by atoms with Crippen LogP contribution in [0.3, 0.4) is 0 Å². The van der Waals surface area contributed by atoms with Crippen LogP contribution in [-0.2, 0) is 4.79 Å². The molecule has 0 aliphatic rings. The monoisotopic (exact) mass is 162 g/mol. The van der Waals surface area contributed by atoms with Crippen molar-refractivity contribution in [2.45, 2.75) is 0 Å². The first-order valence-corrected chi connectivity index (χ1v) is 0.986. The quantitative estimate of drug-likeness (QED) is 0.519. The van der Waals surface area contributed by atoms with Gasteiger partial charge >= 0.3 is 0 Å². The molecule has 0 aliphatic heterocycles. The van der Waals surface area contributed by atoms with Crippen LogP contribution in [0.2, 0.25) is 0 Å². The Hall–Kier alpha value is -0.870. The van der Waals surface area contributed by atoms with Gasteiger partial charge in [0, 0.05) is 0 Å². The van der Waals surface area contributed by atoms with Crippen molar-refractivity contribution in [1.29, 1.82) is 10.5 Å². The number of rotatable bonds is 0. The van der Waals surface area contributed by atoms with E-state index in [0.29, 0.717) is 0 Å². The molecule has 0 bridgehead atoms. The normalized spacial score (nSPS) is 2.00. The van der Waals surface area contributed by atoms with Gasteiger partial charge in [-0.05, 0) is 0 Å². The predicted octanol–water partition coefficient (Wildman–Crippen LogP) is 0.427. The molecule has 0 saturated carbocycles. The largest absolute Gasteiger partial charge is 0.307 e. The van der Waals surface area contributed by atoms with Gasteiger partial charge in [0.15, 0.2) is 12.1 Å². The molecular weight excluding hydrogens is 160 g/mol. The van der Waals surface area contributed by atoms with Gasteiger partial charge in [-0.3, -0.25) is 0 Å². The molecular formula is C3H3BrN2O. The number of carbonyl (C=O) groups excluding carboxylic acids is 1. The third-order valence-corrected chi connectivity index (χ3v) is 0.0500. The molecule has 0 aromatic carbocycles. The van der Waals surface area contributed by atoms with Gasteiger partial charge in [0.2, 0.25) is 0 Å². The summed E-state index contributed by atoms with van der Waals surface area (Å²) in [6, 6.07) is 2.47. The zero-order valence-corrected chi connectivity index (χ0v) is 5.13. The predicted molar refractivity (Wildman–Crippen MR) is 28.7 cm³/mol. The topological polar surface area (TPSA) is 64.7 Å². The molecule has 7 heavy (non-hydrogen) atoms. The summed E-state index contributed by atoms with van der Waals surface area (Å²) in [4.78, 5) is 8.00. The maximum Gasteiger partial charge on any atom is 0.181 e. The summed E-state index contributed by atoms with van der Waals surface area (Å²) in [6.07, 6.45) is 0. The molecule has 0 aromatic heterocycles. The lowest BCUT2D eigenvalue weighted by atomic mass is 10.9. The van der Waals surface area contributed by atoms with E-state index >= 15 is 0 Å². The maximum atomic E-state index is 8.00. The van der Waals surface area contributed by atoms with E-state index in [1.807, 2.05) is 6.79 Å². The molecule has 0 aliphatic carbocycles. The number of halogens is 1. The minimum Gasteiger partial charge on any atom is -0.307 e. The van der Waals surface area contributed by atoms with Crippen LogP contribution in [0, 0.1) is 22.7 Å². The average Bonchev–Trinajstić information content (AvgIpc) is 1.72. The van der Waals surface area contributed by atoms with Crippen molar-refractivity contribution in [3.8, 4) is 12.1 Å². The summed E-state index contributed by atoms with van der Waals surface area (Å²) in [6.45, 7) is 2.00. The molecule has 0 N–H and O–H groups in total. The highest BCUT2D eigenvalue weighted by molar-refractivity contribution is 8.93. The summed E-state index contributed by atoms with van der Waals surface area (Å²) < 4.78 is 0. The third-order valence-electron chi connectivity index (χ3n) is 0.0500. The molecule has 4 heteroatoms. The first-order chi connectivity index (χ1) is 2.91. The molecule has 38 valence electrons. The molecule has 0 unspecified atom stereocenters. The van der Waals surface area contributed by atoms with E-state index in [1.54, 1.807) is 0 Å². The zero-order valence-electron chi connectivity index (χ0n) is 3.42. The van der Waals surface area contributed by atoms with Gasteiger partial charge in [-0.15, -0.1) is 17.0 Å². The Morgan fingerprint density at radius 1 is 1.14 bits per heavy atom. The summed E-state index contributed by atoms with van der Waals surface area (Å²) in [7, 11) is 0. The Balaban J connectivity index is -0.0000000480. The van der Waals surface area contributed by atoms with Crippen LogP contribution in [0.1, 0.15) is 0 Å². The lowest BCUT2D eigenvalue weighted by Crippen LogP contribution is -1.26. The molecule has 0 rings (SSSR count). The first-order valence-electron chi connectivity index (χ1n) is 0.986. The Kier molecular flexibility index (Phi) is 161. The fraction of sp³-hybridized carbons (Fsp3) is 0. The smallest absolute Gasteiger partial charge is 0.181 e. The van der Waals surface area contributed by atoms with Crippen molar-refractivity contribution in [3.63, 3.8) is 0 Å². The zero-order chi connectivity index (χ0) is 5.41. The van der Waals surface area contributed by atoms with Gasteiger partial charge in [-0.2, -0.15) is 10.5 Å².